The van der Waals surface area contributed by atoms with Gasteiger partial charge in [-0.15, -0.1) is 6.58 Å². The van der Waals surface area contributed by atoms with Crippen LogP contribution in [-0.4, -0.2) is 0 Å². The molecule has 1 rings (SSSR count). The van der Waals surface area contributed by atoms with Crippen molar-refractivity contribution in [1.82, 2.24) is 5.43 Å². The first-order valence-corrected chi connectivity index (χ1v) is 4.03. The quantitative estimate of drug-likeness (QED) is 0.423. The number of rotatable bonds is 3. The van der Waals surface area contributed by atoms with Crippen LogP contribution < -0.4 is 11.3 Å². The second kappa shape index (κ2) is 4.16. The van der Waals surface area contributed by atoms with Gasteiger partial charge in [0.25, 0.3) is 0 Å². The van der Waals surface area contributed by atoms with Gasteiger partial charge in [-0.05, 0) is 13.0 Å². The van der Waals surface area contributed by atoms with Crippen LogP contribution in [0.15, 0.2) is 30.9 Å². The molecule has 2 nitrogen and oxygen atoms in total. The average molecular weight is 180 g/mol. The van der Waals surface area contributed by atoms with E-state index in [-0.39, 0.29) is 11.9 Å². The van der Waals surface area contributed by atoms with Crippen LogP contribution in [0.5, 0.6) is 0 Å². The summed E-state index contributed by atoms with van der Waals surface area (Å²) >= 11 is 0. The van der Waals surface area contributed by atoms with Gasteiger partial charge < -0.3 is 0 Å². The number of benzene rings is 1. The van der Waals surface area contributed by atoms with Crippen molar-refractivity contribution in [3.8, 4) is 0 Å². The molecular formula is C10H13FN2. The molecule has 0 radical (unpaired) electrons. The Bertz CT molecular complexity index is 310. The van der Waals surface area contributed by atoms with Crippen LogP contribution in [0.2, 0.25) is 0 Å². The largest absolute Gasteiger partial charge is 0.271 e. The smallest absolute Gasteiger partial charge is 0.128 e. The van der Waals surface area contributed by atoms with E-state index >= 15 is 0 Å². The van der Waals surface area contributed by atoms with Gasteiger partial charge in [0.05, 0.1) is 6.04 Å². The van der Waals surface area contributed by atoms with Crippen LogP contribution in [0, 0.1) is 12.7 Å². The van der Waals surface area contributed by atoms with Crippen LogP contribution in [0.25, 0.3) is 0 Å². The number of hydrazine groups is 1. The van der Waals surface area contributed by atoms with E-state index in [9.17, 15) is 4.39 Å². The van der Waals surface area contributed by atoms with E-state index in [1.165, 1.54) is 6.07 Å². The lowest BCUT2D eigenvalue weighted by Gasteiger charge is -2.12. The van der Waals surface area contributed by atoms with Gasteiger partial charge in [-0.1, -0.05) is 23.8 Å². The van der Waals surface area contributed by atoms with E-state index in [0.717, 1.165) is 5.56 Å². The average Bonchev–Trinajstić information content (AvgIpc) is 2.13. The van der Waals surface area contributed by atoms with E-state index in [1.54, 1.807) is 18.2 Å². The van der Waals surface area contributed by atoms with Gasteiger partial charge in [0.2, 0.25) is 0 Å². The first kappa shape index (κ1) is 9.89. The highest BCUT2D eigenvalue weighted by molar-refractivity contribution is 5.28. The number of nitrogens with one attached hydrogen (secondary N) is 1. The maximum absolute atomic E-state index is 13.3. The molecule has 0 heterocycles. The van der Waals surface area contributed by atoms with Gasteiger partial charge in [0.1, 0.15) is 5.82 Å². The van der Waals surface area contributed by atoms with Crippen molar-refractivity contribution in [2.45, 2.75) is 13.0 Å². The zero-order chi connectivity index (χ0) is 9.84. The highest BCUT2D eigenvalue weighted by atomic mass is 19.1. The topological polar surface area (TPSA) is 38.0 Å². The number of hydrogen-bond acceptors (Lipinski definition) is 2. The molecule has 13 heavy (non-hydrogen) atoms. The van der Waals surface area contributed by atoms with Gasteiger partial charge in [-0.3, -0.25) is 5.84 Å². The molecule has 1 unspecified atom stereocenters. The Balaban J connectivity index is 3.10. The zero-order valence-electron chi connectivity index (χ0n) is 7.55. The van der Waals surface area contributed by atoms with Crippen LogP contribution in [-0.2, 0) is 0 Å². The maximum atomic E-state index is 13.3. The molecule has 3 heteroatoms. The summed E-state index contributed by atoms with van der Waals surface area (Å²) in [6.45, 7) is 5.47. The summed E-state index contributed by atoms with van der Waals surface area (Å²) < 4.78 is 13.3. The molecular weight excluding hydrogens is 167 g/mol. The van der Waals surface area contributed by atoms with Crippen molar-refractivity contribution in [2.24, 2.45) is 5.84 Å². The normalized spacial score (nSPS) is 12.5. The van der Waals surface area contributed by atoms with E-state index < -0.39 is 0 Å². The monoisotopic (exact) mass is 180 g/mol. The van der Waals surface area contributed by atoms with E-state index in [0.29, 0.717) is 5.56 Å². The molecule has 0 fully saturated rings. The van der Waals surface area contributed by atoms with Crippen molar-refractivity contribution >= 4 is 0 Å². The number of aryl methyl sites for hydroxylation is 1. The summed E-state index contributed by atoms with van der Waals surface area (Å²) in [5.41, 5.74) is 4.00. The van der Waals surface area contributed by atoms with Crippen LogP contribution >= 0.6 is 0 Å². The summed E-state index contributed by atoms with van der Waals surface area (Å²) in [5, 5.41) is 0. The van der Waals surface area contributed by atoms with Crippen LogP contribution in [0.1, 0.15) is 17.2 Å². The van der Waals surface area contributed by atoms with E-state index in [4.69, 9.17) is 5.84 Å². The van der Waals surface area contributed by atoms with Gasteiger partial charge >= 0.3 is 0 Å². The minimum Gasteiger partial charge on any atom is -0.271 e. The van der Waals surface area contributed by atoms with Crippen LogP contribution in [0.3, 0.4) is 0 Å². The van der Waals surface area contributed by atoms with Gasteiger partial charge in [0.15, 0.2) is 0 Å². The molecule has 0 bridgehead atoms. The van der Waals surface area contributed by atoms with Gasteiger partial charge in [0, 0.05) is 5.56 Å². The number of halogens is 1. The molecule has 0 spiro atoms. The highest BCUT2D eigenvalue weighted by Gasteiger charge is 2.10. The van der Waals surface area contributed by atoms with Crippen LogP contribution in [0.4, 0.5) is 4.39 Å². The molecule has 0 aliphatic heterocycles. The lowest BCUT2D eigenvalue weighted by atomic mass is 10.0. The molecule has 0 aliphatic rings. The molecule has 70 valence electrons. The summed E-state index contributed by atoms with van der Waals surface area (Å²) in [4.78, 5) is 0. The molecule has 3 N–H and O–H groups in total. The lowest BCUT2D eigenvalue weighted by molar-refractivity contribution is 0.568. The third-order valence-corrected chi connectivity index (χ3v) is 1.90. The molecule has 0 saturated heterocycles. The van der Waals surface area contributed by atoms with Crippen molar-refractivity contribution in [3.63, 3.8) is 0 Å². The fourth-order valence-corrected chi connectivity index (χ4v) is 1.19. The second-order valence-corrected chi connectivity index (χ2v) is 2.91. The van der Waals surface area contributed by atoms with E-state index in [1.807, 2.05) is 6.92 Å². The second-order valence-electron chi connectivity index (χ2n) is 2.91. The third kappa shape index (κ3) is 2.14. The fraction of sp³-hybridized carbons (Fsp3) is 0.200. The summed E-state index contributed by atoms with van der Waals surface area (Å²) in [6.07, 6.45) is 1.57. The van der Waals surface area contributed by atoms with Crippen molar-refractivity contribution < 1.29 is 4.39 Å². The standard InChI is InChI=1S/C10H13FN2/c1-3-10(13-12)8-6-7(2)4-5-9(8)11/h3-6,10,13H,1,12H2,2H3. The Kier molecular flexibility index (Phi) is 3.17. The predicted molar refractivity (Wildman–Crippen MR) is 51.4 cm³/mol. The molecule has 0 aliphatic carbocycles. The lowest BCUT2D eigenvalue weighted by Crippen LogP contribution is -2.27. The zero-order valence-corrected chi connectivity index (χ0v) is 7.55. The number of nitrogens with two attached hydrogens (primary N) is 1. The molecule has 1 aromatic carbocycles. The fourth-order valence-electron chi connectivity index (χ4n) is 1.19. The van der Waals surface area contributed by atoms with Crippen molar-refractivity contribution in [2.75, 3.05) is 0 Å². The summed E-state index contributed by atoms with van der Waals surface area (Å²) in [6, 6.07) is 4.56. The van der Waals surface area contributed by atoms with Gasteiger partial charge in [-0.2, -0.15) is 0 Å². The van der Waals surface area contributed by atoms with E-state index in [2.05, 4.69) is 12.0 Å². The molecule has 1 atom stereocenters. The maximum Gasteiger partial charge on any atom is 0.128 e. The summed E-state index contributed by atoms with van der Waals surface area (Å²) in [5.74, 6) is 4.98. The Labute approximate surface area is 77.2 Å². The Morgan fingerprint density at radius 3 is 2.85 bits per heavy atom. The minimum atomic E-state index is -0.333. The number of hydrogen-bond donors (Lipinski definition) is 2. The molecule has 0 aromatic heterocycles. The molecule has 0 amide bonds. The predicted octanol–water partition coefficient (Wildman–Crippen LogP) is 1.82. The Morgan fingerprint density at radius 2 is 2.31 bits per heavy atom. The van der Waals surface area contributed by atoms with Crippen molar-refractivity contribution in [1.29, 1.82) is 0 Å². The first-order chi connectivity index (χ1) is 6.19. The molecule has 0 saturated carbocycles. The Morgan fingerprint density at radius 1 is 1.62 bits per heavy atom. The highest BCUT2D eigenvalue weighted by Crippen LogP contribution is 2.18. The summed E-state index contributed by atoms with van der Waals surface area (Å²) in [7, 11) is 0. The van der Waals surface area contributed by atoms with Crippen molar-refractivity contribution in [3.05, 3.63) is 47.8 Å². The van der Waals surface area contributed by atoms with Gasteiger partial charge in [-0.25, -0.2) is 9.82 Å². The third-order valence-electron chi connectivity index (χ3n) is 1.90. The first-order valence-electron chi connectivity index (χ1n) is 4.03. The molecule has 1 aromatic rings. The Hall–Kier alpha value is -1.19. The minimum absolute atomic E-state index is 0.270. The SMILES string of the molecule is C=CC(NN)c1cc(C)ccc1F.